The third kappa shape index (κ3) is 2.49. The quantitative estimate of drug-likeness (QED) is 0.907. The zero-order chi connectivity index (χ0) is 14.9. The van der Waals surface area contributed by atoms with Gasteiger partial charge >= 0.3 is 0 Å². The number of H-pyrrole nitrogens is 1. The first-order valence-corrected chi connectivity index (χ1v) is 7.40. The highest BCUT2D eigenvalue weighted by molar-refractivity contribution is 5.64. The van der Waals surface area contributed by atoms with Crippen molar-refractivity contribution in [2.45, 2.75) is 32.2 Å². The van der Waals surface area contributed by atoms with Crippen molar-refractivity contribution in [3.8, 4) is 22.8 Å². The zero-order valence-corrected chi connectivity index (χ0v) is 12.5. The van der Waals surface area contributed by atoms with Crippen LogP contribution < -0.4 is 15.2 Å². The van der Waals surface area contributed by atoms with E-state index in [1.165, 1.54) is 0 Å². The molecule has 2 heterocycles. The van der Waals surface area contributed by atoms with Gasteiger partial charge < -0.3 is 20.2 Å². The number of rotatable bonds is 4. The van der Waals surface area contributed by atoms with Crippen molar-refractivity contribution in [3.05, 3.63) is 30.2 Å². The van der Waals surface area contributed by atoms with Gasteiger partial charge in [-0.3, -0.25) is 0 Å². The fourth-order valence-electron chi connectivity index (χ4n) is 2.52. The highest BCUT2D eigenvalue weighted by Crippen LogP contribution is 2.34. The summed E-state index contributed by atoms with van der Waals surface area (Å²) < 4.78 is 11.2. The van der Waals surface area contributed by atoms with E-state index < -0.39 is 5.54 Å². The highest BCUT2D eigenvalue weighted by Gasteiger charge is 2.26. The molecular weight excluding hydrogens is 266 g/mol. The van der Waals surface area contributed by atoms with Crippen LogP contribution in [0.4, 0.5) is 0 Å². The van der Waals surface area contributed by atoms with E-state index in [-0.39, 0.29) is 0 Å². The molecule has 0 saturated carbocycles. The summed E-state index contributed by atoms with van der Waals surface area (Å²) in [5.74, 6) is 2.40. The second kappa shape index (κ2) is 5.41. The topological polar surface area (TPSA) is 73.2 Å². The number of imidazole rings is 1. The van der Waals surface area contributed by atoms with E-state index in [1.54, 1.807) is 0 Å². The molecule has 0 unspecified atom stereocenters. The smallest absolute Gasteiger partial charge is 0.162 e. The van der Waals surface area contributed by atoms with Crippen molar-refractivity contribution < 1.29 is 9.47 Å². The van der Waals surface area contributed by atoms with Gasteiger partial charge in [0.05, 0.1) is 17.4 Å². The summed E-state index contributed by atoms with van der Waals surface area (Å²) in [5, 5.41) is 0. The number of nitrogens with two attached hydrogens (primary N) is 1. The van der Waals surface area contributed by atoms with E-state index in [0.717, 1.165) is 41.4 Å². The minimum atomic E-state index is -0.397. The monoisotopic (exact) mass is 287 g/mol. The minimum absolute atomic E-state index is 0.397. The summed E-state index contributed by atoms with van der Waals surface area (Å²) >= 11 is 0. The molecule has 5 heteroatoms. The first-order valence-electron chi connectivity index (χ1n) is 7.40. The summed E-state index contributed by atoms with van der Waals surface area (Å²) in [6, 6.07) is 5.91. The Kier molecular flexibility index (Phi) is 3.59. The summed E-state index contributed by atoms with van der Waals surface area (Å²) in [4.78, 5) is 7.81. The predicted molar refractivity (Wildman–Crippen MR) is 81.5 cm³/mol. The Morgan fingerprint density at radius 1 is 1.19 bits per heavy atom. The van der Waals surface area contributed by atoms with Crippen LogP contribution in [0.5, 0.6) is 11.5 Å². The number of aromatic amines is 1. The van der Waals surface area contributed by atoms with Crippen LogP contribution in [0.3, 0.4) is 0 Å². The normalized spacial score (nSPS) is 14.2. The third-order valence-electron chi connectivity index (χ3n) is 4.16. The Morgan fingerprint density at radius 2 is 1.90 bits per heavy atom. The molecule has 0 radical (unpaired) electrons. The molecule has 21 heavy (non-hydrogen) atoms. The molecular formula is C16H21N3O2. The van der Waals surface area contributed by atoms with E-state index in [0.29, 0.717) is 13.2 Å². The van der Waals surface area contributed by atoms with E-state index in [9.17, 15) is 0 Å². The second-order valence-corrected chi connectivity index (χ2v) is 5.37. The van der Waals surface area contributed by atoms with Crippen LogP contribution in [0.15, 0.2) is 24.4 Å². The maximum Gasteiger partial charge on any atom is 0.162 e. The number of aromatic nitrogens is 2. The molecule has 0 saturated heterocycles. The molecule has 112 valence electrons. The highest BCUT2D eigenvalue weighted by atomic mass is 16.6. The molecule has 5 nitrogen and oxygen atoms in total. The Labute approximate surface area is 124 Å². The summed E-state index contributed by atoms with van der Waals surface area (Å²) in [6.07, 6.45) is 3.52. The molecule has 1 aliphatic rings. The van der Waals surface area contributed by atoms with Crippen LogP contribution >= 0.6 is 0 Å². The standard InChI is InChI=1S/C16H21N3O2/c1-3-16(17,4-2)15-18-10-12(19-15)11-5-6-13-14(9-11)21-8-7-20-13/h5-6,9-10H,3-4,7-8,17H2,1-2H3,(H,18,19). The Bertz CT molecular complexity index is 632. The summed E-state index contributed by atoms with van der Waals surface area (Å²) in [6.45, 7) is 5.34. The lowest BCUT2D eigenvalue weighted by atomic mass is 9.93. The van der Waals surface area contributed by atoms with E-state index >= 15 is 0 Å². The molecule has 0 aliphatic carbocycles. The molecule has 1 aliphatic heterocycles. The van der Waals surface area contributed by atoms with E-state index in [1.807, 2.05) is 24.4 Å². The van der Waals surface area contributed by atoms with Crippen molar-refractivity contribution in [1.29, 1.82) is 0 Å². The van der Waals surface area contributed by atoms with Crippen LogP contribution in [0, 0.1) is 0 Å². The molecule has 0 fully saturated rings. The van der Waals surface area contributed by atoms with Gasteiger partial charge in [0.2, 0.25) is 0 Å². The van der Waals surface area contributed by atoms with Gasteiger partial charge in [0, 0.05) is 5.56 Å². The van der Waals surface area contributed by atoms with Crippen molar-refractivity contribution in [1.82, 2.24) is 9.97 Å². The van der Waals surface area contributed by atoms with Gasteiger partial charge in [-0.1, -0.05) is 13.8 Å². The summed E-state index contributed by atoms with van der Waals surface area (Å²) in [7, 11) is 0. The molecule has 0 spiro atoms. The van der Waals surface area contributed by atoms with Crippen LogP contribution in [-0.4, -0.2) is 23.2 Å². The van der Waals surface area contributed by atoms with E-state index in [2.05, 4.69) is 23.8 Å². The maximum absolute atomic E-state index is 6.38. The number of ether oxygens (including phenoxy) is 2. The van der Waals surface area contributed by atoms with Gasteiger partial charge in [-0.25, -0.2) is 4.98 Å². The maximum atomic E-state index is 6.38. The third-order valence-corrected chi connectivity index (χ3v) is 4.16. The fraction of sp³-hybridized carbons (Fsp3) is 0.438. The lowest BCUT2D eigenvalue weighted by molar-refractivity contribution is 0.171. The molecule has 0 atom stereocenters. The first kappa shape index (κ1) is 13.9. The van der Waals surface area contributed by atoms with Crippen LogP contribution in [0.25, 0.3) is 11.3 Å². The average Bonchev–Trinajstić information content (AvgIpc) is 3.04. The molecule has 1 aromatic carbocycles. The molecule has 2 aromatic rings. The predicted octanol–water partition coefficient (Wildman–Crippen LogP) is 2.82. The number of nitrogens with zero attached hydrogens (tertiary/aromatic N) is 1. The lowest BCUT2D eigenvalue weighted by Crippen LogP contribution is -2.36. The number of fused-ring (bicyclic) bond motifs is 1. The number of hydrogen-bond acceptors (Lipinski definition) is 4. The largest absolute Gasteiger partial charge is 0.486 e. The van der Waals surface area contributed by atoms with Gasteiger partial charge in [-0.15, -0.1) is 0 Å². The van der Waals surface area contributed by atoms with Gasteiger partial charge in [-0.2, -0.15) is 0 Å². The van der Waals surface area contributed by atoms with E-state index in [4.69, 9.17) is 15.2 Å². The SMILES string of the molecule is CCC(N)(CC)c1ncc(-c2ccc3c(c2)OCCO3)[nH]1. The van der Waals surface area contributed by atoms with Gasteiger partial charge in [-0.05, 0) is 31.0 Å². The van der Waals surface area contributed by atoms with Gasteiger partial charge in [0.1, 0.15) is 19.0 Å². The average molecular weight is 287 g/mol. The molecule has 3 N–H and O–H groups in total. The minimum Gasteiger partial charge on any atom is -0.486 e. The van der Waals surface area contributed by atoms with Crippen molar-refractivity contribution in [2.75, 3.05) is 13.2 Å². The van der Waals surface area contributed by atoms with Crippen LogP contribution in [0.2, 0.25) is 0 Å². The number of nitrogens with one attached hydrogen (secondary N) is 1. The second-order valence-electron chi connectivity index (χ2n) is 5.37. The molecule has 3 rings (SSSR count). The molecule has 1 aromatic heterocycles. The molecule has 0 amide bonds. The molecule has 0 bridgehead atoms. The Morgan fingerprint density at radius 3 is 2.62 bits per heavy atom. The number of benzene rings is 1. The summed E-state index contributed by atoms with van der Waals surface area (Å²) in [5.41, 5.74) is 7.95. The van der Waals surface area contributed by atoms with Crippen LogP contribution in [0.1, 0.15) is 32.5 Å². The van der Waals surface area contributed by atoms with Gasteiger partial charge in [0.15, 0.2) is 11.5 Å². The van der Waals surface area contributed by atoms with Crippen molar-refractivity contribution >= 4 is 0 Å². The van der Waals surface area contributed by atoms with Crippen molar-refractivity contribution in [2.24, 2.45) is 5.73 Å². The fourth-order valence-corrected chi connectivity index (χ4v) is 2.52. The Hall–Kier alpha value is -2.01. The lowest BCUT2D eigenvalue weighted by Gasteiger charge is -2.23. The van der Waals surface area contributed by atoms with Crippen LogP contribution in [-0.2, 0) is 5.54 Å². The first-order chi connectivity index (χ1) is 10.2. The van der Waals surface area contributed by atoms with Gasteiger partial charge in [0.25, 0.3) is 0 Å². The number of hydrogen-bond donors (Lipinski definition) is 2. The van der Waals surface area contributed by atoms with Crippen molar-refractivity contribution in [3.63, 3.8) is 0 Å². The Balaban J connectivity index is 1.93. The zero-order valence-electron chi connectivity index (χ0n) is 12.5.